The zero-order chi connectivity index (χ0) is 20.3. The van der Waals surface area contributed by atoms with Crippen molar-refractivity contribution in [1.82, 2.24) is 4.31 Å². The second kappa shape index (κ2) is 8.26. The minimum Gasteiger partial charge on any atom is -0.489 e. The maximum Gasteiger partial charge on any atom is 0.322 e. The first-order chi connectivity index (χ1) is 13.3. The van der Waals surface area contributed by atoms with Gasteiger partial charge in [0.15, 0.2) is 0 Å². The fraction of sp³-hybridized carbons (Fsp3) is 0.316. The zero-order valence-corrected chi connectivity index (χ0v) is 15.7. The lowest BCUT2D eigenvalue weighted by Crippen LogP contribution is -2.51. The predicted octanol–water partition coefficient (Wildman–Crippen LogP) is 2.00. The molecule has 0 unspecified atom stereocenters. The van der Waals surface area contributed by atoms with E-state index in [-0.39, 0.29) is 36.7 Å². The lowest BCUT2D eigenvalue weighted by Gasteiger charge is -2.34. The van der Waals surface area contributed by atoms with Crippen LogP contribution in [0.25, 0.3) is 0 Å². The largest absolute Gasteiger partial charge is 0.489 e. The third kappa shape index (κ3) is 4.49. The monoisotopic (exact) mass is 409 g/mol. The van der Waals surface area contributed by atoms with Crippen LogP contribution in [0.4, 0.5) is 4.39 Å². The molecule has 1 fully saturated rings. The summed E-state index contributed by atoms with van der Waals surface area (Å²) in [4.78, 5) is 11.4. The van der Waals surface area contributed by atoms with E-state index in [0.29, 0.717) is 5.75 Å². The van der Waals surface area contributed by atoms with Gasteiger partial charge in [0.05, 0.1) is 11.0 Å². The number of carboxylic acid groups (broad SMARTS) is 1. The van der Waals surface area contributed by atoms with Gasteiger partial charge in [0.1, 0.15) is 24.2 Å². The van der Waals surface area contributed by atoms with E-state index in [1.54, 1.807) is 12.1 Å². The Hall–Kier alpha value is -2.49. The van der Waals surface area contributed by atoms with Crippen molar-refractivity contribution >= 4 is 16.0 Å². The second-order valence-corrected chi connectivity index (χ2v) is 8.43. The number of nitrogens with zero attached hydrogens (tertiary/aromatic N) is 1. The average Bonchev–Trinajstić information content (AvgIpc) is 2.67. The van der Waals surface area contributed by atoms with Crippen LogP contribution in [0.5, 0.6) is 5.75 Å². The summed E-state index contributed by atoms with van der Waals surface area (Å²) in [5.74, 6) is -1.21. The molecule has 7 nitrogen and oxygen atoms in total. The first-order valence-corrected chi connectivity index (χ1v) is 10.1. The Morgan fingerprint density at radius 3 is 2.39 bits per heavy atom. The first kappa shape index (κ1) is 20.2. The normalized spacial score (nSPS) is 20.6. The highest BCUT2D eigenvalue weighted by molar-refractivity contribution is 7.89. The van der Waals surface area contributed by atoms with Crippen molar-refractivity contribution in [2.24, 2.45) is 0 Å². The van der Waals surface area contributed by atoms with Crippen LogP contribution in [0, 0.1) is 5.82 Å². The molecule has 2 aromatic carbocycles. The predicted molar refractivity (Wildman–Crippen MR) is 97.7 cm³/mol. The maximum atomic E-state index is 12.9. The topological polar surface area (TPSA) is 104 Å². The summed E-state index contributed by atoms with van der Waals surface area (Å²) < 4.78 is 45.1. The second-order valence-electron chi connectivity index (χ2n) is 6.53. The summed E-state index contributed by atoms with van der Waals surface area (Å²) in [6, 6.07) is 10.2. The minimum absolute atomic E-state index is 0.0516. The van der Waals surface area contributed by atoms with Crippen LogP contribution >= 0.6 is 0 Å². The number of hydrogen-bond donors (Lipinski definition) is 2. The molecule has 0 radical (unpaired) electrons. The number of ether oxygens (including phenoxy) is 1. The summed E-state index contributed by atoms with van der Waals surface area (Å²) in [6.07, 6.45) is -0.801. The van der Waals surface area contributed by atoms with Crippen molar-refractivity contribution in [2.45, 2.75) is 36.5 Å². The Morgan fingerprint density at radius 2 is 1.79 bits per heavy atom. The Morgan fingerprint density at radius 1 is 1.14 bits per heavy atom. The van der Waals surface area contributed by atoms with Gasteiger partial charge < -0.3 is 14.9 Å². The highest BCUT2D eigenvalue weighted by Gasteiger charge is 2.40. The van der Waals surface area contributed by atoms with Gasteiger partial charge in [-0.3, -0.25) is 4.79 Å². The van der Waals surface area contributed by atoms with Gasteiger partial charge in [0.25, 0.3) is 0 Å². The number of benzene rings is 2. The van der Waals surface area contributed by atoms with Gasteiger partial charge in [-0.05, 0) is 48.4 Å². The fourth-order valence-electron chi connectivity index (χ4n) is 3.03. The molecule has 1 aliphatic rings. The highest BCUT2D eigenvalue weighted by Crippen LogP contribution is 2.27. The summed E-state index contributed by atoms with van der Waals surface area (Å²) in [6.45, 7) is 0.126. The molecule has 0 aliphatic carbocycles. The number of aliphatic hydroxyl groups is 1. The van der Waals surface area contributed by atoms with Gasteiger partial charge in [-0.1, -0.05) is 12.1 Å². The molecule has 1 heterocycles. The van der Waals surface area contributed by atoms with Gasteiger partial charge in [-0.15, -0.1) is 0 Å². The number of carboxylic acids is 1. The molecule has 1 saturated heterocycles. The van der Waals surface area contributed by atoms with E-state index < -0.39 is 28.1 Å². The van der Waals surface area contributed by atoms with E-state index in [0.717, 1.165) is 9.87 Å². The molecular weight excluding hydrogens is 389 g/mol. The van der Waals surface area contributed by atoms with E-state index in [1.165, 1.54) is 36.4 Å². The van der Waals surface area contributed by atoms with Crippen molar-refractivity contribution < 1.29 is 32.6 Å². The van der Waals surface area contributed by atoms with Crippen molar-refractivity contribution in [3.8, 4) is 5.75 Å². The number of hydrogen-bond acceptors (Lipinski definition) is 5. The van der Waals surface area contributed by atoms with Gasteiger partial charge in [0, 0.05) is 13.0 Å². The van der Waals surface area contributed by atoms with Crippen LogP contribution in [0.3, 0.4) is 0 Å². The van der Waals surface area contributed by atoms with E-state index in [1.807, 2.05) is 0 Å². The van der Waals surface area contributed by atoms with E-state index in [4.69, 9.17) is 4.74 Å². The molecule has 0 bridgehead atoms. The molecule has 150 valence electrons. The first-order valence-electron chi connectivity index (χ1n) is 8.67. The Kier molecular flexibility index (Phi) is 5.97. The highest BCUT2D eigenvalue weighted by atomic mass is 32.2. The molecule has 1 aliphatic heterocycles. The van der Waals surface area contributed by atoms with Gasteiger partial charge in [0.2, 0.25) is 10.0 Å². The third-order valence-corrected chi connectivity index (χ3v) is 6.48. The number of sulfonamides is 1. The van der Waals surface area contributed by atoms with Crippen molar-refractivity contribution in [3.63, 3.8) is 0 Å². The number of carbonyl (C=O) groups is 1. The number of halogens is 1. The third-order valence-electron chi connectivity index (χ3n) is 4.56. The van der Waals surface area contributed by atoms with Crippen LogP contribution in [0.2, 0.25) is 0 Å². The molecule has 9 heteroatoms. The van der Waals surface area contributed by atoms with Gasteiger partial charge in [-0.25, -0.2) is 12.8 Å². The molecule has 2 atom stereocenters. The molecule has 0 spiro atoms. The number of rotatable bonds is 6. The number of piperidine rings is 1. The Labute approximate surface area is 162 Å². The molecule has 3 rings (SSSR count). The maximum absolute atomic E-state index is 12.9. The van der Waals surface area contributed by atoms with E-state index in [2.05, 4.69) is 0 Å². The summed E-state index contributed by atoms with van der Waals surface area (Å²) in [7, 11) is -4.02. The summed E-state index contributed by atoms with van der Waals surface area (Å²) in [5.41, 5.74) is 0.759. The lowest BCUT2D eigenvalue weighted by atomic mass is 10.0. The molecule has 0 saturated carbocycles. The van der Waals surface area contributed by atoms with Gasteiger partial charge in [-0.2, -0.15) is 4.31 Å². The van der Waals surface area contributed by atoms with Gasteiger partial charge >= 0.3 is 5.97 Å². The molecule has 2 N–H and O–H groups in total. The Bertz CT molecular complexity index is 930. The van der Waals surface area contributed by atoms with Crippen molar-refractivity contribution in [1.29, 1.82) is 0 Å². The summed E-state index contributed by atoms with van der Waals surface area (Å²) >= 11 is 0. The van der Waals surface area contributed by atoms with E-state index >= 15 is 0 Å². The zero-order valence-electron chi connectivity index (χ0n) is 14.9. The summed E-state index contributed by atoms with van der Waals surface area (Å²) in [5, 5.41) is 19.0. The lowest BCUT2D eigenvalue weighted by molar-refractivity contribution is -0.143. The molecule has 0 aromatic heterocycles. The van der Waals surface area contributed by atoms with Crippen LogP contribution in [-0.2, 0) is 21.4 Å². The molecule has 28 heavy (non-hydrogen) atoms. The van der Waals surface area contributed by atoms with Crippen LogP contribution in [0.1, 0.15) is 18.4 Å². The quantitative estimate of drug-likeness (QED) is 0.756. The smallest absolute Gasteiger partial charge is 0.322 e. The van der Waals surface area contributed by atoms with Crippen LogP contribution in [-0.4, -0.2) is 47.6 Å². The van der Waals surface area contributed by atoms with Crippen molar-refractivity contribution in [2.75, 3.05) is 6.54 Å². The number of aliphatic hydroxyl groups excluding tert-OH is 1. The van der Waals surface area contributed by atoms with Crippen molar-refractivity contribution in [3.05, 3.63) is 59.9 Å². The Balaban J connectivity index is 1.72. The van der Waals surface area contributed by atoms with Crippen LogP contribution < -0.4 is 4.74 Å². The molecular formula is C19H20FNO6S. The number of aliphatic carboxylic acids is 1. The molecule has 0 amide bonds. The van der Waals surface area contributed by atoms with Crippen LogP contribution in [0.15, 0.2) is 53.4 Å². The standard InChI is InChI=1S/C19H20FNO6S/c20-14-3-1-13(2-4-14)12-27-16-5-7-17(8-6-16)28(25,26)21-10-9-15(22)11-18(21)19(23)24/h1-8,15,18,22H,9-12H2,(H,23,24)/t15-,18-/m1/s1. The SMILES string of the molecule is O=C(O)[C@H]1C[C@H](O)CCN1S(=O)(=O)c1ccc(OCc2ccc(F)cc2)cc1. The van der Waals surface area contributed by atoms with E-state index in [9.17, 15) is 27.8 Å². The minimum atomic E-state index is -4.02. The average molecular weight is 409 g/mol. The molecule has 2 aromatic rings. The fourth-order valence-corrected chi connectivity index (χ4v) is 4.64.